The molecule has 130 valence electrons. The van der Waals surface area contributed by atoms with Crippen molar-refractivity contribution in [3.63, 3.8) is 0 Å². The van der Waals surface area contributed by atoms with Crippen LogP contribution in [0.25, 0.3) is 16.2 Å². The molecule has 0 fully saturated rings. The van der Waals surface area contributed by atoms with Crippen molar-refractivity contribution < 1.29 is 0 Å². The molecule has 0 spiro atoms. The fourth-order valence-electron chi connectivity index (χ4n) is 2.49. The minimum absolute atomic E-state index is 0.119. The Kier molecular flexibility index (Phi) is 4.36. The number of rotatable bonds is 4. The molecule has 3 heterocycles. The van der Waals surface area contributed by atoms with Gasteiger partial charge in [0.1, 0.15) is 11.3 Å². The number of benzene rings is 1. The predicted octanol–water partition coefficient (Wildman–Crippen LogP) is 3.99. The van der Waals surface area contributed by atoms with E-state index in [1.165, 1.54) is 17.1 Å². The van der Waals surface area contributed by atoms with E-state index in [0.717, 1.165) is 16.3 Å². The summed E-state index contributed by atoms with van der Waals surface area (Å²) in [6.45, 7) is 3.97. The van der Waals surface area contributed by atoms with Crippen LogP contribution in [0.2, 0.25) is 5.28 Å². The second kappa shape index (κ2) is 6.81. The van der Waals surface area contributed by atoms with Gasteiger partial charge in [-0.3, -0.25) is 9.99 Å². The first-order valence-corrected chi connectivity index (χ1v) is 8.95. The number of nitrogens with zero attached hydrogens (tertiary/aromatic N) is 6. The minimum Gasteiger partial charge on any atom is -0.273 e. The first kappa shape index (κ1) is 16.6. The van der Waals surface area contributed by atoms with Crippen LogP contribution >= 0.6 is 23.1 Å². The summed E-state index contributed by atoms with van der Waals surface area (Å²) in [7, 11) is 0. The highest BCUT2D eigenvalue weighted by Crippen LogP contribution is 2.25. The standard InChI is InChI=1S/C17H14ClN7S/c1-10-4-3-5-12(6-10)8-20-23-15-14-16(22-17(18)21-15)25(9-19-14)13-7-11(2)24-26-13/h3-9H,1-2H3,(H,21,22,23). The van der Waals surface area contributed by atoms with E-state index in [2.05, 4.69) is 29.9 Å². The van der Waals surface area contributed by atoms with Crippen molar-refractivity contribution in [3.05, 3.63) is 58.8 Å². The van der Waals surface area contributed by atoms with Crippen molar-refractivity contribution in [1.82, 2.24) is 23.9 Å². The van der Waals surface area contributed by atoms with Gasteiger partial charge in [-0.15, -0.1) is 0 Å². The molecule has 0 saturated heterocycles. The molecular weight excluding hydrogens is 370 g/mol. The van der Waals surface area contributed by atoms with Crippen LogP contribution < -0.4 is 5.43 Å². The van der Waals surface area contributed by atoms with Crippen molar-refractivity contribution in [2.45, 2.75) is 13.8 Å². The average Bonchev–Trinajstić information content (AvgIpc) is 3.21. The molecule has 4 rings (SSSR count). The molecule has 0 bridgehead atoms. The summed E-state index contributed by atoms with van der Waals surface area (Å²) >= 11 is 7.46. The van der Waals surface area contributed by atoms with E-state index in [4.69, 9.17) is 11.6 Å². The first-order valence-electron chi connectivity index (χ1n) is 7.80. The minimum atomic E-state index is 0.119. The Bertz CT molecular complexity index is 1120. The zero-order chi connectivity index (χ0) is 18.1. The lowest BCUT2D eigenvalue weighted by Crippen LogP contribution is -1.99. The van der Waals surface area contributed by atoms with Gasteiger partial charge in [-0.05, 0) is 48.6 Å². The van der Waals surface area contributed by atoms with Gasteiger partial charge in [-0.1, -0.05) is 29.8 Å². The summed E-state index contributed by atoms with van der Waals surface area (Å²) in [4.78, 5) is 12.9. The molecule has 1 N–H and O–H groups in total. The summed E-state index contributed by atoms with van der Waals surface area (Å²) in [5, 5.41) is 5.28. The van der Waals surface area contributed by atoms with Crippen molar-refractivity contribution in [2.24, 2.45) is 5.10 Å². The van der Waals surface area contributed by atoms with Crippen LogP contribution in [-0.4, -0.2) is 30.1 Å². The number of aromatic nitrogens is 5. The van der Waals surface area contributed by atoms with Crippen LogP contribution in [0.15, 0.2) is 41.8 Å². The zero-order valence-corrected chi connectivity index (χ0v) is 15.6. The van der Waals surface area contributed by atoms with Crippen LogP contribution in [0.5, 0.6) is 0 Å². The van der Waals surface area contributed by atoms with Crippen molar-refractivity contribution in [1.29, 1.82) is 0 Å². The second-order valence-electron chi connectivity index (χ2n) is 5.72. The molecule has 0 atom stereocenters. The highest BCUT2D eigenvalue weighted by molar-refractivity contribution is 7.08. The van der Waals surface area contributed by atoms with Gasteiger partial charge in [-0.2, -0.15) is 19.4 Å². The molecule has 0 aliphatic heterocycles. The maximum atomic E-state index is 6.09. The van der Waals surface area contributed by atoms with Crippen LogP contribution in [0.3, 0.4) is 0 Å². The highest BCUT2D eigenvalue weighted by Gasteiger charge is 2.14. The largest absolute Gasteiger partial charge is 0.273 e. The van der Waals surface area contributed by atoms with Crippen molar-refractivity contribution in [2.75, 3.05) is 5.43 Å². The van der Waals surface area contributed by atoms with Gasteiger partial charge >= 0.3 is 0 Å². The SMILES string of the molecule is Cc1cccc(C=NNc2nc(Cl)nc3c2ncn3-c2cc(C)ns2)c1. The zero-order valence-electron chi connectivity index (χ0n) is 14.0. The Balaban J connectivity index is 1.68. The van der Waals surface area contributed by atoms with E-state index in [1.807, 2.05) is 48.7 Å². The monoisotopic (exact) mass is 383 g/mol. The molecule has 0 amide bonds. The molecule has 0 radical (unpaired) electrons. The van der Waals surface area contributed by atoms with Crippen molar-refractivity contribution in [3.8, 4) is 5.00 Å². The summed E-state index contributed by atoms with van der Waals surface area (Å²) in [6.07, 6.45) is 3.40. The van der Waals surface area contributed by atoms with E-state index in [9.17, 15) is 0 Å². The summed E-state index contributed by atoms with van der Waals surface area (Å²) in [5.41, 5.74) is 7.19. The smallest absolute Gasteiger partial charge is 0.226 e. The number of halogens is 1. The fourth-order valence-corrected chi connectivity index (χ4v) is 3.39. The molecular formula is C17H14ClN7S. The van der Waals surface area contributed by atoms with E-state index in [0.29, 0.717) is 17.0 Å². The number of fused-ring (bicyclic) bond motifs is 1. The normalized spacial score (nSPS) is 11.5. The van der Waals surface area contributed by atoms with E-state index >= 15 is 0 Å². The maximum absolute atomic E-state index is 6.09. The average molecular weight is 384 g/mol. The third-order valence-corrected chi connectivity index (χ3v) is 4.70. The Labute approximate surface area is 158 Å². The lowest BCUT2D eigenvalue weighted by atomic mass is 10.2. The number of nitrogens with one attached hydrogen (secondary N) is 1. The van der Waals surface area contributed by atoms with E-state index < -0.39 is 0 Å². The van der Waals surface area contributed by atoms with E-state index in [-0.39, 0.29) is 5.28 Å². The molecule has 9 heteroatoms. The predicted molar refractivity (Wildman–Crippen MR) is 104 cm³/mol. The number of hydrazone groups is 1. The number of hydrogen-bond acceptors (Lipinski definition) is 7. The van der Waals surface area contributed by atoms with Gasteiger partial charge in [0.25, 0.3) is 0 Å². The Morgan fingerprint density at radius 2 is 2.12 bits per heavy atom. The Hall–Kier alpha value is -2.84. The molecule has 0 unspecified atom stereocenters. The van der Waals surface area contributed by atoms with Gasteiger partial charge in [-0.25, -0.2) is 4.98 Å². The van der Waals surface area contributed by atoms with E-state index in [1.54, 1.807) is 12.5 Å². The van der Waals surface area contributed by atoms with Gasteiger partial charge in [0.05, 0.1) is 11.9 Å². The van der Waals surface area contributed by atoms with Crippen LogP contribution in [0.4, 0.5) is 5.82 Å². The third-order valence-electron chi connectivity index (χ3n) is 3.65. The number of anilines is 1. The molecule has 7 nitrogen and oxygen atoms in total. The maximum Gasteiger partial charge on any atom is 0.226 e. The second-order valence-corrected chi connectivity index (χ2v) is 6.84. The molecule has 0 aliphatic carbocycles. The molecule has 3 aromatic heterocycles. The highest BCUT2D eigenvalue weighted by atomic mass is 35.5. The summed E-state index contributed by atoms with van der Waals surface area (Å²) in [6, 6.07) is 9.99. The summed E-state index contributed by atoms with van der Waals surface area (Å²) in [5.74, 6) is 0.448. The lowest BCUT2D eigenvalue weighted by molar-refractivity contribution is 1.08. The van der Waals surface area contributed by atoms with Crippen molar-refractivity contribution >= 4 is 46.3 Å². The van der Waals surface area contributed by atoms with Gasteiger partial charge in [0.2, 0.25) is 5.28 Å². The van der Waals surface area contributed by atoms with Gasteiger partial charge in [0, 0.05) is 0 Å². The Morgan fingerprint density at radius 1 is 1.23 bits per heavy atom. The number of imidazole rings is 1. The quantitative estimate of drug-likeness (QED) is 0.327. The van der Waals surface area contributed by atoms with Crippen LogP contribution in [0, 0.1) is 13.8 Å². The molecule has 0 aliphatic rings. The molecule has 26 heavy (non-hydrogen) atoms. The summed E-state index contributed by atoms with van der Waals surface area (Å²) < 4.78 is 6.13. The van der Waals surface area contributed by atoms with Crippen LogP contribution in [-0.2, 0) is 0 Å². The number of hydrogen-bond donors (Lipinski definition) is 1. The lowest BCUT2D eigenvalue weighted by Gasteiger charge is -2.03. The topological polar surface area (TPSA) is 80.9 Å². The van der Waals surface area contributed by atoms with Gasteiger partial charge < -0.3 is 0 Å². The fraction of sp³-hybridized carbons (Fsp3) is 0.118. The molecule has 1 aromatic carbocycles. The third kappa shape index (κ3) is 3.29. The number of aryl methyl sites for hydroxylation is 2. The van der Waals surface area contributed by atoms with Gasteiger partial charge in [0.15, 0.2) is 17.0 Å². The molecule has 4 aromatic rings. The Morgan fingerprint density at radius 3 is 2.88 bits per heavy atom. The molecule has 0 saturated carbocycles. The first-order chi connectivity index (χ1) is 12.6. The van der Waals surface area contributed by atoms with Crippen LogP contribution in [0.1, 0.15) is 16.8 Å².